The molecule has 0 saturated carbocycles. The van der Waals surface area contributed by atoms with E-state index in [-0.39, 0.29) is 43.6 Å². The summed E-state index contributed by atoms with van der Waals surface area (Å²) >= 11 is 0. The fourth-order valence-electron chi connectivity index (χ4n) is 2.86. The maximum Gasteiger partial charge on any atom is 0.414 e. The van der Waals surface area contributed by atoms with Gasteiger partial charge in [-0.05, 0) is 46.0 Å². The normalized spacial score (nSPS) is 20.3. The third-order valence-corrected chi connectivity index (χ3v) is 4.33. The summed E-state index contributed by atoms with van der Waals surface area (Å²) in [5.41, 5.74) is -0.365. The molecule has 1 rings (SSSR count). The number of methoxy groups -OCH3 is 1. The second-order valence-electron chi connectivity index (χ2n) is 6.83. The van der Waals surface area contributed by atoms with Gasteiger partial charge in [0.1, 0.15) is 0 Å². The van der Waals surface area contributed by atoms with Gasteiger partial charge in [-0.2, -0.15) is 13.2 Å². The Bertz CT molecular complexity index is 394. The van der Waals surface area contributed by atoms with Gasteiger partial charge in [-0.25, -0.2) is 4.79 Å². The highest BCUT2D eigenvalue weighted by atomic mass is 19.4. The van der Waals surface area contributed by atoms with Crippen molar-refractivity contribution in [1.82, 2.24) is 10.2 Å². The quantitative estimate of drug-likeness (QED) is 0.808. The van der Waals surface area contributed by atoms with E-state index in [4.69, 9.17) is 4.74 Å². The molecule has 2 atom stereocenters. The number of nitrogens with zero attached hydrogens (tertiary/aromatic N) is 1. The number of alkyl halides is 3. The van der Waals surface area contributed by atoms with E-state index in [0.29, 0.717) is 6.42 Å². The minimum absolute atomic E-state index is 0.115. The molecule has 0 spiro atoms. The molecule has 1 heterocycles. The maximum absolute atomic E-state index is 12.5. The first-order chi connectivity index (χ1) is 10.5. The van der Waals surface area contributed by atoms with E-state index in [2.05, 4.69) is 5.32 Å². The number of aliphatic hydroxyl groups excluding tert-OH is 1. The van der Waals surface area contributed by atoms with Crippen LogP contribution in [0.5, 0.6) is 0 Å². The lowest BCUT2D eigenvalue weighted by molar-refractivity contribution is -0.222. The molecule has 2 N–H and O–H groups in total. The van der Waals surface area contributed by atoms with Crippen LogP contribution in [0, 0.1) is 5.92 Å². The van der Waals surface area contributed by atoms with Gasteiger partial charge in [0.2, 0.25) is 0 Å². The zero-order valence-corrected chi connectivity index (χ0v) is 14.1. The van der Waals surface area contributed by atoms with Crippen molar-refractivity contribution in [2.24, 2.45) is 5.92 Å². The molecule has 1 aliphatic rings. The molecule has 1 aliphatic heterocycles. The van der Waals surface area contributed by atoms with Crippen molar-refractivity contribution in [3.63, 3.8) is 0 Å². The highest BCUT2D eigenvalue weighted by molar-refractivity contribution is 5.74. The standard InChI is InChI=1S/C15H27F3N2O3/c1-10(9-14(2,3)23-4)19-13(22)20-7-5-11(6-8-20)12(21)15(16,17)18/h10-12,21H,5-9H2,1-4H3,(H,19,22)/t10-,12-/m0/s1. The molecule has 2 amide bonds. The van der Waals surface area contributed by atoms with Crippen LogP contribution in [0.3, 0.4) is 0 Å². The van der Waals surface area contributed by atoms with Gasteiger partial charge >= 0.3 is 12.2 Å². The first-order valence-corrected chi connectivity index (χ1v) is 7.81. The number of carbonyl (C=O) groups is 1. The van der Waals surface area contributed by atoms with E-state index >= 15 is 0 Å². The van der Waals surface area contributed by atoms with Gasteiger partial charge in [-0.15, -0.1) is 0 Å². The molecule has 1 fully saturated rings. The number of nitrogens with one attached hydrogen (secondary N) is 1. The highest BCUT2D eigenvalue weighted by Crippen LogP contribution is 2.31. The Hall–Kier alpha value is -1.02. The summed E-state index contributed by atoms with van der Waals surface area (Å²) < 4.78 is 42.8. The minimum atomic E-state index is -4.60. The summed E-state index contributed by atoms with van der Waals surface area (Å²) in [6, 6.07) is -0.403. The summed E-state index contributed by atoms with van der Waals surface area (Å²) in [6.07, 6.45) is -6.00. The van der Waals surface area contributed by atoms with Crippen molar-refractivity contribution in [2.75, 3.05) is 20.2 Å². The molecule has 8 heteroatoms. The molecule has 0 aromatic heterocycles. The van der Waals surface area contributed by atoms with E-state index < -0.39 is 18.2 Å². The Labute approximate surface area is 135 Å². The van der Waals surface area contributed by atoms with Crippen LogP contribution in [0.2, 0.25) is 0 Å². The Morgan fingerprint density at radius 3 is 2.30 bits per heavy atom. The SMILES string of the molecule is COC(C)(C)C[C@H](C)NC(=O)N1CCC([C@H](O)C(F)(F)F)CC1. The largest absolute Gasteiger partial charge is 0.414 e. The number of ether oxygens (including phenoxy) is 1. The number of likely N-dealkylation sites (tertiary alicyclic amines) is 1. The summed E-state index contributed by atoms with van der Waals surface area (Å²) in [4.78, 5) is 13.6. The third kappa shape index (κ3) is 6.18. The monoisotopic (exact) mass is 340 g/mol. The van der Waals surface area contributed by atoms with Crippen molar-refractivity contribution < 1.29 is 27.8 Å². The zero-order valence-electron chi connectivity index (χ0n) is 14.1. The molecule has 1 saturated heterocycles. The van der Waals surface area contributed by atoms with E-state index in [9.17, 15) is 23.1 Å². The molecule has 0 radical (unpaired) electrons. The van der Waals surface area contributed by atoms with Crippen LogP contribution in [-0.2, 0) is 4.74 Å². The molecule has 0 aromatic rings. The first kappa shape index (κ1) is 20.0. The number of piperidine rings is 1. The van der Waals surface area contributed by atoms with Gasteiger partial charge < -0.3 is 20.1 Å². The fraction of sp³-hybridized carbons (Fsp3) is 0.933. The molecular weight excluding hydrogens is 313 g/mol. The van der Waals surface area contributed by atoms with E-state index in [1.54, 1.807) is 7.11 Å². The highest BCUT2D eigenvalue weighted by Gasteiger charge is 2.44. The molecule has 0 unspecified atom stereocenters. The summed E-state index contributed by atoms with van der Waals surface area (Å²) in [5.74, 6) is -0.844. The predicted octanol–water partition coefficient (Wildman–Crippen LogP) is 2.53. The number of hydrogen-bond donors (Lipinski definition) is 2. The van der Waals surface area contributed by atoms with Crippen LogP contribution in [0.15, 0.2) is 0 Å². The maximum atomic E-state index is 12.5. The van der Waals surface area contributed by atoms with Gasteiger partial charge in [-0.1, -0.05) is 0 Å². The van der Waals surface area contributed by atoms with Gasteiger partial charge in [0.25, 0.3) is 0 Å². The molecule has 136 valence electrons. The predicted molar refractivity (Wildman–Crippen MR) is 80.1 cm³/mol. The third-order valence-electron chi connectivity index (χ3n) is 4.33. The zero-order chi connectivity index (χ0) is 17.8. The smallest absolute Gasteiger partial charge is 0.383 e. The first-order valence-electron chi connectivity index (χ1n) is 7.81. The topological polar surface area (TPSA) is 61.8 Å². The summed E-state index contributed by atoms with van der Waals surface area (Å²) in [5, 5.41) is 12.1. The Morgan fingerprint density at radius 2 is 1.87 bits per heavy atom. The Kier molecular flexibility index (Phi) is 6.70. The average molecular weight is 340 g/mol. The molecule has 23 heavy (non-hydrogen) atoms. The van der Waals surface area contributed by atoms with Gasteiger partial charge in [0.15, 0.2) is 6.10 Å². The van der Waals surface area contributed by atoms with Crippen molar-refractivity contribution in [3.05, 3.63) is 0 Å². The van der Waals surface area contributed by atoms with Crippen molar-refractivity contribution >= 4 is 6.03 Å². The number of amides is 2. The van der Waals surface area contributed by atoms with Gasteiger partial charge in [-0.3, -0.25) is 0 Å². The summed E-state index contributed by atoms with van der Waals surface area (Å²) in [7, 11) is 1.60. The minimum Gasteiger partial charge on any atom is -0.383 e. The van der Waals surface area contributed by atoms with Crippen LogP contribution in [0.1, 0.15) is 40.0 Å². The lowest BCUT2D eigenvalue weighted by atomic mass is 9.91. The lowest BCUT2D eigenvalue weighted by Crippen LogP contribution is -2.50. The van der Waals surface area contributed by atoms with Crippen LogP contribution in [-0.4, -0.2) is 60.2 Å². The second kappa shape index (κ2) is 7.70. The number of carbonyl (C=O) groups excluding carboxylic acids is 1. The molecule has 5 nitrogen and oxygen atoms in total. The number of aliphatic hydroxyl groups is 1. The molecular formula is C15H27F3N2O3. The van der Waals surface area contributed by atoms with Crippen LogP contribution < -0.4 is 5.32 Å². The van der Waals surface area contributed by atoms with Crippen molar-refractivity contribution in [1.29, 1.82) is 0 Å². The van der Waals surface area contributed by atoms with Gasteiger partial charge in [0.05, 0.1) is 5.60 Å². The fourth-order valence-corrected chi connectivity index (χ4v) is 2.86. The van der Waals surface area contributed by atoms with Crippen LogP contribution in [0.25, 0.3) is 0 Å². The summed E-state index contributed by atoms with van der Waals surface area (Å²) in [6.45, 7) is 6.12. The Morgan fingerprint density at radius 1 is 1.35 bits per heavy atom. The second-order valence-corrected chi connectivity index (χ2v) is 6.83. The van der Waals surface area contributed by atoms with Gasteiger partial charge in [0, 0.05) is 26.2 Å². The number of rotatable bonds is 5. The van der Waals surface area contributed by atoms with E-state index in [1.807, 2.05) is 20.8 Å². The van der Waals surface area contributed by atoms with Crippen LogP contribution in [0.4, 0.5) is 18.0 Å². The Balaban J connectivity index is 2.44. The van der Waals surface area contributed by atoms with Crippen molar-refractivity contribution in [3.8, 4) is 0 Å². The average Bonchev–Trinajstić information content (AvgIpc) is 2.45. The molecule has 0 aromatic carbocycles. The van der Waals surface area contributed by atoms with E-state index in [1.165, 1.54) is 4.90 Å². The number of halogens is 3. The van der Waals surface area contributed by atoms with Crippen LogP contribution >= 0.6 is 0 Å². The number of urea groups is 1. The van der Waals surface area contributed by atoms with E-state index in [0.717, 1.165) is 0 Å². The van der Waals surface area contributed by atoms with Crippen molar-refractivity contribution in [2.45, 2.75) is 64.0 Å². The molecule has 0 bridgehead atoms. The molecule has 0 aliphatic carbocycles. The lowest BCUT2D eigenvalue weighted by Gasteiger charge is -2.35. The number of hydrogen-bond acceptors (Lipinski definition) is 3.